The van der Waals surface area contributed by atoms with Crippen molar-refractivity contribution >= 4 is 11.7 Å². The summed E-state index contributed by atoms with van der Waals surface area (Å²) in [6.07, 6.45) is 9.00. The van der Waals surface area contributed by atoms with Crippen LogP contribution in [0.4, 0.5) is 5.69 Å². The lowest BCUT2D eigenvalue weighted by Gasteiger charge is -2.20. The molecule has 0 saturated heterocycles. The predicted octanol–water partition coefficient (Wildman–Crippen LogP) is 2.30. The van der Waals surface area contributed by atoms with Crippen molar-refractivity contribution < 1.29 is 9.90 Å². The van der Waals surface area contributed by atoms with E-state index in [2.05, 4.69) is 22.5 Å². The van der Waals surface area contributed by atoms with Crippen molar-refractivity contribution in [3.05, 3.63) is 36.2 Å². The molecule has 1 aromatic heterocycles. The molecule has 1 heterocycles. The fourth-order valence-corrected chi connectivity index (χ4v) is 1.80. The van der Waals surface area contributed by atoms with Crippen molar-refractivity contribution in [3.63, 3.8) is 0 Å². The minimum absolute atomic E-state index is 0.0800. The van der Waals surface area contributed by atoms with Gasteiger partial charge in [-0.2, -0.15) is 0 Å². The summed E-state index contributed by atoms with van der Waals surface area (Å²) in [6.45, 7) is 0. The van der Waals surface area contributed by atoms with E-state index in [1.807, 2.05) is 0 Å². The molecule has 0 amide bonds. The van der Waals surface area contributed by atoms with E-state index in [0.29, 0.717) is 6.04 Å². The van der Waals surface area contributed by atoms with E-state index in [-0.39, 0.29) is 5.69 Å². The largest absolute Gasteiger partial charge is 0.477 e. The average molecular weight is 218 g/mol. The number of nitrogens with one attached hydrogen (secondary N) is 1. The number of carboxylic acids is 1. The Bertz CT molecular complexity index is 415. The van der Waals surface area contributed by atoms with Gasteiger partial charge in [0, 0.05) is 17.9 Å². The molecular weight excluding hydrogens is 204 g/mol. The maximum atomic E-state index is 10.7. The molecule has 0 fully saturated rings. The van der Waals surface area contributed by atoms with Crippen LogP contribution in [-0.4, -0.2) is 22.1 Å². The molecule has 84 valence electrons. The van der Waals surface area contributed by atoms with Gasteiger partial charge in [-0.15, -0.1) is 0 Å². The van der Waals surface area contributed by atoms with E-state index in [1.165, 1.54) is 6.20 Å². The number of carbonyl (C=O) groups is 1. The first-order valence-corrected chi connectivity index (χ1v) is 5.36. The molecule has 0 bridgehead atoms. The number of aromatic nitrogens is 1. The van der Waals surface area contributed by atoms with Crippen LogP contribution in [-0.2, 0) is 0 Å². The number of rotatable bonds is 3. The zero-order valence-corrected chi connectivity index (χ0v) is 8.89. The van der Waals surface area contributed by atoms with Gasteiger partial charge in [0.15, 0.2) is 0 Å². The fraction of sp³-hybridized carbons (Fsp3) is 0.333. The van der Waals surface area contributed by atoms with Crippen LogP contribution in [0.5, 0.6) is 0 Å². The SMILES string of the molecule is O=C(O)c1cc(NC2CC=CCC2)ccn1. The lowest BCUT2D eigenvalue weighted by Crippen LogP contribution is -2.20. The first-order valence-electron chi connectivity index (χ1n) is 5.36. The van der Waals surface area contributed by atoms with E-state index in [1.54, 1.807) is 12.1 Å². The Hall–Kier alpha value is -1.84. The molecule has 4 nitrogen and oxygen atoms in total. The predicted molar refractivity (Wildman–Crippen MR) is 61.6 cm³/mol. The summed E-state index contributed by atoms with van der Waals surface area (Å²) in [5, 5.41) is 12.1. The van der Waals surface area contributed by atoms with E-state index >= 15 is 0 Å². The Kier molecular flexibility index (Phi) is 3.19. The highest BCUT2D eigenvalue weighted by Gasteiger charge is 2.10. The standard InChI is InChI=1S/C12H14N2O2/c15-12(16)11-8-10(6-7-13-11)14-9-4-2-1-3-5-9/h1-2,6-9H,3-5H2,(H,13,14)(H,15,16). The van der Waals surface area contributed by atoms with E-state index in [9.17, 15) is 4.79 Å². The summed E-state index contributed by atoms with van der Waals surface area (Å²) in [5.41, 5.74) is 0.907. The van der Waals surface area contributed by atoms with Crippen LogP contribution in [0, 0.1) is 0 Å². The summed E-state index contributed by atoms with van der Waals surface area (Å²) in [7, 11) is 0. The van der Waals surface area contributed by atoms with Crippen LogP contribution in [0.15, 0.2) is 30.5 Å². The van der Waals surface area contributed by atoms with Crippen molar-refractivity contribution in [3.8, 4) is 0 Å². The lowest BCUT2D eigenvalue weighted by atomic mass is 10.0. The van der Waals surface area contributed by atoms with E-state index in [4.69, 9.17) is 5.11 Å². The van der Waals surface area contributed by atoms with Crippen molar-refractivity contribution in [2.24, 2.45) is 0 Å². The molecule has 1 atom stereocenters. The number of hydrogen-bond acceptors (Lipinski definition) is 3. The molecule has 0 aromatic carbocycles. The molecule has 0 spiro atoms. The third-order valence-corrected chi connectivity index (χ3v) is 2.62. The second kappa shape index (κ2) is 4.79. The quantitative estimate of drug-likeness (QED) is 0.764. The zero-order valence-electron chi connectivity index (χ0n) is 8.89. The van der Waals surface area contributed by atoms with Gasteiger partial charge in [0.2, 0.25) is 0 Å². The normalized spacial score (nSPS) is 19.4. The molecule has 2 N–H and O–H groups in total. The van der Waals surface area contributed by atoms with Crippen LogP contribution in [0.25, 0.3) is 0 Å². The number of nitrogens with zero attached hydrogens (tertiary/aromatic N) is 1. The minimum Gasteiger partial charge on any atom is -0.477 e. The van der Waals surface area contributed by atoms with Gasteiger partial charge in [0.1, 0.15) is 5.69 Å². The average Bonchev–Trinajstić information content (AvgIpc) is 2.30. The summed E-state index contributed by atoms with van der Waals surface area (Å²) < 4.78 is 0. The maximum Gasteiger partial charge on any atom is 0.354 e. The highest BCUT2D eigenvalue weighted by molar-refractivity contribution is 5.86. The summed E-state index contributed by atoms with van der Waals surface area (Å²) in [4.78, 5) is 14.5. The van der Waals surface area contributed by atoms with E-state index < -0.39 is 5.97 Å². The second-order valence-electron chi connectivity index (χ2n) is 3.86. The second-order valence-corrected chi connectivity index (χ2v) is 3.86. The topological polar surface area (TPSA) is 62.2 Å². The molecule has 0 saturated carbocycles. The van der Waals surface area contributed by atoms with Crippen LogP contribution < -0.4 is 5.32 Å². The van der Waals surface area contributed by atoms with Crippen LogP contribution in [0.3, 0.4) is 0 Å². The number of hydrogen-bond donors (Lipinski definition) is 2. The van der Waals surface area contributed by atoms with Gasteiger partial charge < -0.3 is 10.4 Å². The van der Waals surface area contributed by atoms with Crippen molar-refractivity contribution in [2.45, 2.75) is 25.3 Å². The molecule has 0 aliphatic heterocycles. The van der Waals surface area contributed by atoms with Gasteiger partial charge in [-0.3, -0.25) is 0 Å². The van der Waals surface area contributed by atoms with Crippen LogP contribution in [0.1, 0.15) is 29.8 Å². The Balaban J connectivity index is 2.06. The molecule has 1 aliphatic carbocycles. The smallest absolute Gasteiger partial charge is 0.354 e. The molecule has 1 aliphatic rings. The maximum absolute atomic E-state index is 10.7. The molecule has 16 heavy (non-hydrogen) atoms. The van der Waals surface area contributed by atoms with Crippen LogP contribution >= 0.6 is 0 Å². The minimum atomic E-state index is -0.993. The van der Waals surface area contributed by atoms with Crippen molar-refractivity contribution in [1.29, 1.82) is 0 Å². The summed E-state index contributed by atoms with van der Waals surface area (Å²) in [5.74, 6) is -0.993. The summed E-state index contributed by atoms with van der Waals surface area (Å²) >= 11 is 0. The van der Waals surface area contributed by atoms with Crippen molar-refractivity contribution in [1.82, 2.24) is 4.98 Å². The molecule has 4 heteroatoms. The molecule has 1 unspecified atom stereocenters. The van der Waals surface area contributed by atoms with Gasteiger partial charge in [-0.1, -0.05) is 12.2 Å². The monoisotopic (exact) mass is 218 g/mol. The first-order chi connectivity index (χ1) is 7.75. The zero-order chi connectivity index (χ0) is 11.4. The Labute approximate surface area is 94.0 Å². The Morgan fingerprint density at radius 3 is 3.06 bits per heavy atom. The third kappa shape index (κ3) is 2.59. The number of pyridine rings is 1. The number of allylic oxidation sites excluding steroid dienone is 1. The Morgan fingerprint density at radius 1 is 1.50 bits per heavy atom. The van der Waals surface area contributed by atoms with Crippen molar-refractivity contribution in [2.75, 3.05) is 5.32 Å². The fourth-order valence-electron chi connectivity index (χ4n) is 1.80. The molecule has 2 rings (SSSR count). The highest BCUT2D eigenvalue weighted by atomic mass is 16.4. The number of aromatic carboxylic acids is 1. The van der Waals surface area contributed by atoms with Gasteiger partial charge in [-0.05, 0) is 31.4 Å². The molecule has 0 radical (unpaired) electrons. The molecular formula is C12H14N2O2. The van der Waals surface area contributed by atoms with Gasteiger partial charge in [0.25, 0.3) is 0 Å². The highest BCUT2D eigenvalue weighted by Crippen LogP contribution is 2.17. The van der Waals surface area contributed by atoms with Crippen LogP contribution in [0.2, 0.25) is 0 Å². The van der Waals surface area contributed by atoms with Gasteiger partial charge in [0.05, 0.1) is 0 Å². The summed E-state index contributed by atoms with van der Waals surface area (Å²) in [6, 6.07) is 3.76. The number of carboxylic acid groups (broad SMARTS) is 1. The number of anilines is 1. The first kappa shape index (κ1) is 10.7. The van der Waals surface area contributed by atoms with E-state index in [0.717, 1.165) is 24.9 Å². The van der Waals surface area contributed by atoms with Gasteiger partial charge >= 0.3 is 5.97 Å². The third-order valence-electron chi connectivity index (χ3n) is 2.62. The molecule has 1 aromatic rings. The van der Waals surface area contributed by atoms with Gasteiger partial charge in [-0.25, -0.2) is 9.78 Å². The Morgan fingerprint density at radius 2 is 2.38 bits per heavy atom. The lowest BCUT2D eigenvalue weighted by molar-refractivity contribution is 0.0690.